The number of nitriles is 1. The zero-order valence-electron chi connectivity index (χ0n) is 19.0. The van der Waals surface area contributed by atoms with Crippen LogP contribution in [0.3, 0.4) is 0 Å². The molecule has 0 unspecified atom stereocenters. The number of nitrogens with zero attached hydrogens (tertiary/aromatic N) is 3. The van der Waals surface area contributed by atoms with E-state index in [1.807, 2.05) is 24.3 Å². The van der Waals surface area contributed by atoms with E-state index >= 15 is 0 Å². The van der Waals surface area contributed by atoms with Gasteiger partial charge in [0.25, 0.3) is 5.91 Å². The molecule has 1 aliphatic rings. The molecule has 10 heteroatoms. The van der Waals surface area contributed by atoms with Gasteiger partial charge in [-0.3, -0.25) is 19.9 Å². The first-order chi connectivity index (χ1) is 17.0. The van der Waals surface area contributed by atoms with Crippen molar-refractivity contribution in [2.45, 2.75) is 19.8 Å². The Morgan fingerprint density at radius 3 is 2.63 bits per heavy atom. The minimum Gasteiger partial charge on any atom is -0.353 e. The van der Waals surface area contributed by atoms with Gasteiger partial charge in [-0.05, 0) is 37.6 Å². The van der Waals surface area contributed by atoms with Crippen LogP contribution in [0.1, 0.15) is 24.1 Å². The number of aryl methyl sites for hydroxylation is 1. The van der Waals surface area contributed by atoms with Crippen LogP contribution in [0, 0.1) is 18.3 Å². The van der Waals surface area contributed by atoms with E-state index in [-0.39, 0.29) is 23.5 Å². The van der Waals surface area contributed by atoms with Gasteiger partial charge < -0.3 is 15.2 Å². The number of anilines is 2. The van der Waals surface area contributed by atoms with Gasteiger partial charge in [0.05, 0.1) is 34.0 Å². The average Bonchev–Trinajstić information content (AvgIpc) is 3.27. The standard InChI is InChI=1S/C25H22N6O3S/c1-15-11-21(34-31-15)30-20(32)14-35-25-19(12-26)23(17-7-6-10-27-13-17)22(16(2)28-25)24(33)29-18-8-4-3-5-9-18/h3-11,13,23,28H,14H2,1-2H3,(H,29,33)(H,30,32)/t23-/m0/s1. The van der Waals surface area contributed by atoms with E-state index in [1.54, 1.807) is 50.5 Å². The van der Waals surface area contributed by atoms with E-state index < -0.39 is 5.92 Å². The summed E-state index contributed by atoms with van der Waals surface area (Å²) in [5, 5.41) is 23.1. The monoisotopic (exact) mass is 486 g/mol. The van der Waals surface area contributed by atoms with Crippen LogP contribution in [0.25, 0.3) is 0 Å². The fourth-order valence-corrected chi connectivity index (χ4v) is 4.55. The number of hydrogen-bond donors (Lipinski definition) is 3. The van der Waals surface area contributed by atoms with Crippen LogP contribution in [0.2, 0.25) is 0 Å². The number of carbonyl (C=O) groups excluding carboxylic acids is 2. The Labute approximate surface area is 206 Å². The van der Waals surface area contributed by atoms with Gasteiger partial charge in [-0.1, -0.05) is 41.2 Å². The van der Waals surface area contributed by atoms with Gasteiger partial charge in [0, 0.05) is 35.4 Å². The minimum atomic E-state index is -0.652. The first-order valence-corrected chi connectivity index (χ1v) is 11.7. The highest BCUT2D eigenvalue weighted by Crippen LogP contribution is 2.40. The van der Waals surface area contributed by atoms with Crippen LogP contribution in [-0.4, -0.2) is 27.7 Å². The van der Waals surface area contributed by atoms with Crippen LogP contribution < -0.4 is 16.0 Å². The zero-order chi connectivity index (χ0) is 24.8. The van der Waals surface area contributed by atoms with E-state index in [0.717, 1.165) is 0 Å². The van der Waals surface area contributed by atoms with Crippen molar-refractivity contribution in [3.05, 3.63) is 94.1 Å². The molecule has 2 amide bonds. The number of aromatic nitrogens is 2. The number of carbonyl (C=O) groups is 2. The zero-order valence-corrected chi connectivity index (χ0v) is 19.8. The number of amides is 2. The summed E-state index contributed by atoms with van der Waals surface area (Å²) in [7, 11) is 0. The third kappa shape index (κ3) is 5.59. The van der Waals surface area contributed by atoms with Crippen molar-refractivity contribution in [1.29, 1.82) is 5.26 Å². The quantitative estimate of drug-likeness (QED) is 0.455. The normalized spacial score (nSPS) is 15.3. The second-order valence-corrected chi connectivity index (χ2v) is 8.71. The molecule has 2 aromatic heterocycles. The number of benzene rings is 1. The molecule has 0 bridgehead atoms. The van der Waals surface area contributed by atoms with Gasteiger partial charge in [-0.2, -0.15) is 5.26 Å². The van der Waals surface area contributed by atoms with Crippen molar-refractivity contribution >= 4 is 35.1 Å². The highest BCUT2D eigenvalue weighted by molar-refractivity contribution is 8.03. The van der Waals surface area contributed by atoms with E-state index in [9.17, 15) is 14.9 Å². The first kappa shape index (κ1) is 23.8. The van der Waals surface area contributed by atoms with Gasteiger partial charge in [0.1, 0.15) is 0 Å². The van der Waals surface area contributed by atoms with Crippen molar-refractivity contribution in [1.82, 2.24) is 15.5 Å². The van der Waals surface area contributed by atoms with E-state index in [2.05, 4.69) is 32.2 Å². The minimum absolute atomic E-state index is 0.0197. The number of nitrogens with one attached hydrogen (secondary N) is 3. The maximum Gasteiger partial charge on any atom is 0.254 e. The lowest BCUT2D eigenvalue weighted by Crippen LogP contribution is -2.31. The lowest BCUT2D eigenvalue weighted by Gasteiger charge is -2.29. The topological polar surface area (TPSA) is 133 Å². The van der Waals surface area contributed by atoms with Crippen molar-refractivity contribution < 1.29 is 14.1 Å². The molecule has 1 atom stereocenters. The van der Waals surface area contributed by atoms with E-state index in [0.29, 0.717) is 38.8 Å². The predicted octanol–water partition coefficient (Wildman–Crippen LogP) is 4.08. The van der Waals surface area contributed by atoms with Crippen molar-refractivity contribution in [3.8, 4) is 6.07 Å². The number of pyridine rings is 1. The van der Waals surface area contributed by atoms with Crippen molar-refractivity contribution in [3.63, 3.8) is 0 Å². The third-order valence-corrected chi connectivity index (χ3v) is 6.20. The van der Waals surface area contributed by atoms with Crippen molar-refractivity contribution in [2.24, 2.45) is 0 Å². The number of dihydropyridines is 1. The maximum absolute atomic E-state index is 13.4. The van der Waals surface area contributed by atoms with Gasteiger partial charge in [-0.15, -0.1) is 0 Å². The summed E-state index contributed by atoms with van der Waals surface area (Å²) in [6, 6.07) is 16.5. The second-order valence-electron chi connectivity index (χ2n) is 7.73. The lowest BCUT2D eigenvalue weighted by molar-refractivity contribution is -0.114. The predicted molar refractivity (Wildman–Crippen MR) is 133 cm³/mol. The Bertz CT molecular complexity index is 1340. The van der Waals surface area contributed by atoms with E-state index in [1.165, 1.54) is 11.8 Å². The molecule has 0 saturated heterocycles. The van der Waals surface area contributed by atoms with Crippen LogP contribution >= 0.6 is 11.8 Å². The summed E-state index contributed by atoms with van der Waals surface area (Å²) in [6.07, 6.45) is 3.27. The summed E-state index contributed by atoms with van der Waals surface area (Å²) < 4.78 is 5.02. The largest absolute Gasteiger partial charge is 0.353 e. The maximum atomic E-state index is 13.4. The fourth-order valence-electron chi connectivity index (χ4n) is 3.66. The molecule has 4 rings (SSSR count). The summed E-state index contributed by atoms with van der Waals surface area (Å²) in [5.74, 6) is -1.02. The highest BCUT2D eigenvalue weighted by atomic mass is 32.2. The molecule has 3 aromatic rings. The Morgan fingerprint density at radius 1 is 1.17 bits per heavy atom. The van der Waals surface area contributed by atoms with Crippen LogP contribution in [0.4, 0.5) is 11.6 Å². The number of hydrogen-bond acceptors (Lipinski definition) is 8. The molecular weight excluding hydrogens is 464 g/mol. The highest BCUT2D eigenvalue weighted by Gasteiger charge is 2.35. The van der Waals surface area contributed by atoms with Crippen LogP contribution in [-0.2, 0) is 9.59 Å². The Hall–Kier alpha value is -4.36. The number of rotatable bonds is 7. The molecule has 176 valence electrons. The summed E-state index contributed by atoms with van der Waals surface area (Å²) in [5.41, 5.74) is 3.31. The first-order valence-electron chi connectivity index (χ1n) is 10.7. The van der Waals surface area contributed by atoms with Gasteiger partial charge in [0.2, 0.25) is 11.8 Å². The van der Waals surface area contributed by atoms with Gasteiger partial charge in [-0.25, -0.2) is 0 Å². The number of thioether (sulfide) groups is 1. The molecule has 0 fully saturated rings. The lowest BCUT2D eigenvalue weighted by atomic mass is 9.83. The number of para-hydroxylation sites is 1. The van der Waals surface area contributed by atoms with Gasteiger partial charge in [0.15, 0.2) is 0 Å². The molecule has 0 aliphatic carbocycles. The summed E-state index contributed by atoms with van der Waals surface area (Å²) in [4.78, 5) is 30.0. The Morgan fingerprint density at radius 2 is 1.97 bits per heavy atom. The molecule has 1 aromatic carbocycles. The van der Waals surface area contributed by atoms with Gasteiger partial charge >= 0.3 is 0 Å². The Balaban J connectivity index is 1.61. The summed E-state index contributed by atoms with van der Waals surface area (Å²) in [6.45, 7) is 3.53. The van der Waals surface area contributed by atoms with Crippen LogP contribution in [0.5, 0.6) is 0 Å². The number of allylic oxidation sites excluding steroid dienone is 2. The SMILES string of the molecule is CC1=C(C(=O)Nc2ccccc2)[C@@H](c2cccnc2)C(C#N)=C(SCC(=O)Nc2cc(C)no2)N1. The molecule has 35 heavy (non-hydrogen) atoms. The molecule has 0 spiro atoms. The van der Waals surface area contributed by atoms with Crippen LogP contribution in [0.15, 0.2) is 87.3 Å². The fraction of sp³-hybridized carbons (Fsp3) is 0.160. The Kier molecular flexibility index (Phi) is 7.28. The second kappa shape index (κ2) is 10.7. The molecule has 3 heterocycles. The van der Waals surface area contributed by atoms with Crippen molar-refractivity contribution in [2.75, 3.05) is 16.4 Å². The molecular formula is C25H22N6O3S. The molecule has 0 saturated carbocycles. The smallest absolute Gasteiger partial charge is 0.254 e. The third-order valence-electron chi connectivity index (χ3n) is 5.18. The summed E-state index contributed by atoms with van der Waals surface area (Å²) >= 11 is 1.17. The molecule has 0 radical (unpaired) electrons. The van der Waals surface area contributed by atoms with E-state index in [4.69, 9.17) is 4.52 Å². The molecule has 9 nitrogen and oxygen atoms in total. The average molecular weight is 487 g/mol. The molecule has 3 N–H and O–H groups in total. The molecule has 1 aliphatic heterocycles.